The maximum absolute atomic E-state index is 10.9. The molecule has 1 unspecified atom stereocenters. The van der Waals surface area contributed by atoms with Gasteiger partial charge in [0.25, 0.3) is 0 Å². The van der Waals surface area contributed by atoms with E-state index in [1.54, 1.807) is 12.1 Å². The van der Waals surface area contributed by atoms with Gasteiger partial charge in [-0.2, -0.15) is 0 Å². The highest BCUT2D eigenvalue weighted by Crippen LogP contribution is 2.28. The molecule has 100 valence electrons. The maximum atomic E-state index is 10.9. The van der Waals surface area contributed by atoms with Crippen LogP contribution in [0, 0.1) is 10.1 Å². The van der Waals surface area contributed by atoms with Crippen LogP contribution in [0.1, 0.15) is 31.7 Å². The van der Waals surface area contributed by atoms with Gasteiger partial charge in [0.15, 0.2) is 5.75 Å². The first-order chi connectivity index (χ1) is 8.58. The fourth-order valence-corrected chi connectivity index (χ4v) is 2.50. The highest BCUT2D eigenvalue weighted by Gasteiger charge is 2.15. The van der Waals surface area contributed by atoms with Crippen LogP contribution < -0.4 is 4.74 Å². The summed E-state index contributed by atoms with van der Waals surface area (Å²) in [6.07, 6.45) is 4.08. The number of hydrogen-bond acceptors (Lipinski definition) is 3. The number of rotatable bonds is 7. The summed E-state index contributed by atoms with van der Waals surface area (Å²) in [5, 5.41) is 10.9. The van der Waals surface area contributed by atoms with Crippen molar-refractivity contribution in [2.24, 2.45) is 0 Å². The molecule has 0 aromatic heterocycles. The molecular weight excluding hydrogens is 298 g/mol. The molecule has 1 aromatic carbocycles. The van der Waals surface area contributed by atoms with Gasteiger partial charge in [0.1, 0.15) is 0 Å². The third kappa shape index (κ3) is 4.29. The molecule has 1 atom stereocenters. The number of nitro groups is 1. The third-order valence-corrected chi connectivity index (χ3v) is 3.70. The predicted octanol–water partition coefficient (Wildman–Crippen LogP) is 4.10. The lowest BCUT2D eigenvalue weighted by molar-refractivity contribution is -0.385. The van der Waals surface area contributed by atoms with Gasteiger partial charge in [-0.25, -0.2) is 0 Å². The summed E-state index contributed by atoms with van der Waals surface area (Å²) in [7, 11) is 1.44. The molecule has 5 heteroatoms. The normalized spacial score (nSPS) is 12.2. The van der Waals surface area contributed by atoms with E-state index in [4.69, 9.17) is 4.74 Å². The Bertz CT molecular complexity index is 409. The molecule has 0 saturated heterocycles. The molecule has 0 aliphatic heterocycles. The lowest BCUT2D eigenvalue weighted by Gasteiger charge is -2.09. The molecule has 0 N–H and O–H groups in total. The van der Waals surface area contributed by atoms with Gasteiger partial charge in [0, 0.05) is 10.9 Å². The van der Waals surface area contributed by atoms with Gasteiger partial charge in [-0.05, 0) is 30.9 Å². The molecule has 0 amide bonds. The third-order valence-electron chi connectivity index (χ3n) is 2.79. The van der Waals surface area contributed by atoms with Gasteiger partial charge < -0.3 is 4.74 Å². The summed E-state index contributed by atoms with van der Waals surface area (Å²) < 4.78 is 4.97. The summed E-state index contributed by atoms with van der Waals surface area (Å²) in [4.78, 5) is 11.0. The molecule has 0 spiro atoms. The van der Waals surface area contributed by atoms with Crippen molar-refractivity contribution in [2.75, 3.05) is 7.11 Å². The second-order valence-corrected chi connectivity index (χ2v) is 5.48. The Morgan fingerprint density at radius 3 is 2.72 bits per heavy atom. The van der Waals surface area contributed by atoms with Crippen molar-refractivity contribution < 1.29 is 9.66 Å². The number of aryl methyl sites for hydroxylation is 1. The number of ether oxygens (including phenoxy) is 1. The van der Waals surface area contributed by atoms with Crippen LogP contribution >= 0.6 is 15.9 Å². The molecule has 0 radical (unpaired) electrons. The number of methoxy groups -OCH3 is 1. The summed E-state index contributed by atoms with van der Waals surface area (Å²) >= 11 is 3.61. The quantitative estimate of drug-likeness (QED) is 0.432. The zero-order valence-electron chi connectivity index (χ0n) is 10.7. The van der Waals surface area contributed by atoms with Crippen molar-refractivity contribution >= 4 is 21.6 Å². The van der Waals surface area contributed by atoms with Crippen LogP contribution in [0.25, 0.3) is 0 Å². The van der Waals surface area contributed by atoms with Gasteiger partial charge in [-0.3, -0.25) is 10.1 Å². The van der Waals surface area contributed by atoms with E-state index in [0.717, 1.165) is 31.2 Å². The van der Waals surface area contributed by atoms with Crippen LogP contribution in [0.5, 0.6) is 5.75 Å². The van der Waals surface area contributed by atoms with E-state index in [9.17, 15) is 10.1 Å². The lowest BCUT2D eigenvalue weighted by Crippen LogP contribution is -2.00. The van der Waals surface area contributed by atoms with E-state index in [-0.39, 0.29) is 5.69 Å². The van der Waals surface area contributed by atoms with Crippen LogP contribution in [0.15, 0.2) is 18.2 Å². The van der Waals surface area contributed by atoms with Gasteiger partial charge in [-0.1, -0.05) is 35.3 Å². The summed E-state index contributed by atoms with van der Waals surface area (Å²) in [6.45, 7) is 2.15. The Labute approximate surface area is 116 Å². The van der Waals surface area contributed by atoms with E-state index in [1.165, 1.54) is 7.11 Å². The van der Waals surface area contributed by atoms with Gasteiger partial charge >= 0.3 is 5.69 Å². The standard InChI is InChI=1S/C13H18BrNO3/c1-3-4-11(14)7-5-10-6-8-13(18-2)12(9-10)15(16)17/h6,8-9,11H,3-5,7H2,1-2H3. The molecule has 18 heavy (non-hydrogen) atoms. The zero-order chi connectivity index (χ0) is 13.5. The van der Waals surface area contributed by atoms with Gasteiger partial charge in [0.05, 0.1) is 12.0 Å². The summed E-state index contributed by atoms with van der Waals surface area (Å²) in [5.74, 6) is 0.313. The highest BCUT2D eigenvalue weighted by molar-refractivity contribution is 9.09. The van der Waals surface area contributed by atoms with Gasteiger partial charge in [0.2, 0.25) is 0 Å². The average molecular weight is 316 g/mol. The van der Waals surface area contributed by atoms with E-state index in [1.807, 2.05) is 6.07 Å². The Morgan fingerprint density at radius 1 is 1.44 bits per heavy atom. The first kappa shape index (κ1) is 15.0. The molecule has 0 saturated carbocycles. The number of nitrogens with zero attached hydrogens (tertiary/aromatic N) is 1. The Hall–Kier alpha value is -1.10. The second-order valence-electron chi connectivity index (χ2n) is 4.19. The number of nitro benzene ring substituents is 1. The molecule has 0 heterocycles. The van der Waals surface area contributed by atoms with Crippen LogP contribution in [0.2, 0.25) is 0 Å². The van der Waals surface area contributed by atoms with Crippen LogP contribution in [-0.2, 0) is 6.42 Å². The van der Waals surface area contributed by atoms with Crippen molar-refractivity contribution in [2.45, 2.75) is 37.4 Å². The summed E-state index contributed by atoms with van der Waals surface area (Å²) in [5.41, 5.74) is 1.01. The Morgan fingerprint density at radius 2 is 2.17 bits per heavy atom. The zero-order valence-corrected chi connectivity index (χ0v) is 12.3. The number of hydrogen-bond donors (Lipinski definition) is 0. The Kier molecular flexibility index (Phi) is 6.12. The first-order valence-corrected chi connectivity index (χ1v) is 6.95. The fourth-order valence-electron chi connectivity index (χ4n) is 1.81. The lowest BCUT2D eigenvalue weighted by atomic mass is 10.1. The van der Waals surface area contributed by atoms with E-state index in [0.29, 0.717) is 10.6 Å². The molecule has 0 aliphatic rings. The molecule has 1 aromatic rings. The predicted molar refractivity (Wildman–Crippen MR) is 75.6 cm³/mol. The number of halogens is 1. The molecular formula is C13H18BrNO3. The van der Waals surface area contributed by atoms with Crippen molar-refractivity contribution in [1.29, 1.82) is 0 Å². The summed E-state index contributed by atoms with van der Waals surface area (Å²) in [6, 6.07) is 5.15. The minimum absolute atomic E-state index is 0.0385. The van der Waals surface area contributed by atoms with Crippen molar-refractivity contribution in [3.63, 3.8) is 0 Å². The number of alkyl halides is 1. The molecule has 1 rings (SSSR count). The first-order valence-electron chi connectivity index (χ1n) is 6.03. The monoisotopic (exact) mass is 315 g/mol. The molecule has 0 fully saturated rings. The SMILES string of the molecule is CCCC(Br)CCc1ccc(OC)c([N+](=O)[O-])c1. The maximum Gasteiger partial charge on any atom is 0.311 e. The van der Waals surface area contributed by atoms with Crippen LogP contribution in [-0.4, -0.2) is 16.9 Å². The van der Waals surface area contributed by atoms with Gasteiger partial charge in [-0.15, -0.1) is 0 Å². The van der Waals surface area contributed by atoms with E-state index >= 15 is 0 Å². The molecule has 4 nitrogen and oxygen atoms in total. The largest absolute Gasteiger partial charge is 0.490 e. The number of benzene rings is 1. The van der Waals surface area contributed by atoms with E-state index in [2.05, 4.69) is 22.9 Å². The highest BCUT2D eigenvalue weighted by atomic mass is 79.9. The van der Waals surface area contributed by atoms with Crippen molar-refractivity contribution in [1.82, 2.24) is 0 Å². The second kappa shape index (κ2) is 7.36. The van der Waals surface area contributed by atoms with E-state index < -0.39 is 4.92 Å². The van der Waals surface area contributed by atoms with Crippen molar-refractivity contribution in [3.8, 4) is 5.75 Å². The minimum atomic E-state index is -0.403. The minimum Gasteiger partial charge on any atom is -0.490 e. The topological polar surface area (TPSA) is 52.4 Å². The van der Waals surface area contributed by atoms with Crippen LogP contribution in [0.4, 0.5) is 5.69 Å². The average Bonchev–Trinajstić information content (AvgIpc) is 2.36. The fraction of sp³-hybridized carbons (Fsp3) is 0.538. The Balaban J connectivity index is 2.73. The molecule has 0 aliphatic carbocycles. The smallest absolute Gasteiger partial charge is 0.311 e. The molecule has 0 bridgehead atoms. The van der Waals surface area contributed by atoms with Crippen LogP contribution in [0.3, 0.4) is 0 Å². The van der Waals surface area contributed by atoms with Crippen molar-refractivity contribution in [3.05, 3.63) is 33.9 Å².